The third-order valence-electron chi connectivity index (χ3n) is 4.01. The van der Waals surface area contributed by atoms with E-state index in [0.29, 0.717) is 6.54 Å². The van der Waals surface area contributed by atoms with Crippen LogP contribution >= 0.6 is 0 Å². The summed E-state index contributed by atoms with van der Waals surface area (Å²) in [5, 5.41) is 5.70. The van der Waals surface area contributed by atoms with E-state index in [2.05, 4.69) is 10.6 Å². The Kier molecular flexibility index (Phi) is 7.05. The molecule has 1 aromatic carbocycles. The highest BCUT2D eigenvalue weighted by Gasteiger charge is 2.22. The number of rotatable bonds is 8. The van der Waals surface area contributed by atoms with Crippen LogP contribution in [0, 0.1) is 0 Å². The Balaban J connectivity index is 2.66. The number of hydrogen-bond donors (Lipinski definition) is 3. The van der Waals surface area contributed by atoms with E-state index in [1.807, 2.05) is 44.2 Å². The molecule has 1 unspecified atom stereocenters. The predicted molar refractivity (Wildman–Crippen MR) is 88.1 cm³/mol. The van der Waals surface area contributed by atoms with Gasteiger partial charge in [0.25, 0.3) is 0 Å². The minimum atomic E-state index is -0.369. The van der Waals surface area contributed by atoms with E-state index in [-0.39, 0.29) is 29.8 Å². The van der Waals surface area contributed by atoms with E-state index >= 15 is 0 Å². The first-order valence-corrected chi connectivity index (χ1v) is 7.78. The Morgan fingerprint density at radius 2 is 1.77 bits per heavy atom. The molecular weight excluding hydrogens is 278 g/mol. The van der Waals surface area contributed by atoms with Crippen LogP contribution in [0.5, 0.6) is 0 Å². The molecule has 0 saturated carbocycles. The van der Waals surface area contributed by atoms with Gasteiger partial charge in [0, 0.05) is 19.0 Å². The zero-order valence-corrected chi connectivity index (χ0v) is 13.7. The Morgan fingerprint density at radius 1 is 1.18 bits per heavy atom. The standard InChI is InChI=1S/C17H27N3O2/c1-4-17(18,5-2)12-19-16(22)11-15(20-13(3)21)14-9-7-6-8-10-14/h6-10,15H,4-5,11-12,18H2,1-3H3,(H,19,22)(H,20,21). The van der Waals surface area contributed by atoms with Crippen molar-refractivity contribution in [1.82, 2.24) is 10.6 Å². The molecule has 0 aliphatic heterocycles. The first-order chi connectivity index (χ1) is 10.4. The van der Waals surface area contributed by atoms with Crippen LogP contribution in [0.4, 0.5) is 0 Å². The van der Waals surface area contributed by atoms with Crippen molar-refractivity contribution in [2.75, 3.05) is 6.54 Å². The van der Waals surface area contributed by atoms with E-state index < -0.39 is 0 Å². The fraction of sp³-hybridized carbons (Fsp3) is 0.529. The molecule has 1 aromatic rings. The summed E-state index contributed by atoms with van der Waals surface area (Å²) >= 11 is 0. The third kappa shape index (κ3) is 5.85. The van der Waals surface area contributed by atoms with E-state index in [1.54, 1.807) is 0 Å². The van der Waals surface area contributed by atoms with Crippen molar-refractivity contribution in [1.29, 1.82) is 0 Å². The second-order valence-corrected chi connectivity index (χ2v) is 5.71. The first-order valence-electron chi connectivity index (χ1n) is 7.78. The van der Waals surface area contributed by atoms with Crippen LogP contribution in [0.25, 0.3) is 0 Å². The van der Waals surface area contributed by atoms with Crippen molar-refractivity contribution in [2.24, 2.45) is 5.73 Å². The van der Waals surface area contributed by atoms with Crippen molar-refractivity contribution < 1.29 is 9.59 Å². The van der Waals surface area contributed by atoms with Crippen LogP contribution in [0.15, 0.2) is 30.3 Å². The van der Waals surface area contributed by atoms with Crippen LogP contribution in [-0.4, -0.2) is 23.9 Å². The molecule has 0 radical (unpaired) electrons. The van der Waals surface area contributed by atoms with Gasteiger partial charge in [-0.2, -0.15) is 0 Å². The van der Waals surface area contributed by atoms with Crippen molar-refractivity contribution in [3.63, 3.8) is 0 Å². The fourth-order valence-electron chi connectivity index (χ4n) is 2.22. The van der Waals surface area contributed by atoms with Gasteiger partial charge in [0.15, 0.2) is 0 Å². The zero-order chi connectivity index (χ0) is 16.6. The summed E-state index contributed by atoms with van der Waals surface area (Å²) < 4.78 is 0. The lowest BCUT2D eigenvalue weighted by Crippen LogP contribution is -2.49. The molecule has 122 valence electrons. The molecule has 2 amide bonds. The highest BCUT2D eigenvalue weighted by Crippen LogP contribution is 2.17. The van der Waals surface area contributed by atoms with Gasteiger partial charge in [0.1, 0.15) is 0 Å². The summed E-state index contributed by atoms with van der Waals surface area (Å²) in [4.78, 5) is 23.5. The molecule has 0 fully saturated rings. The number of benzene rings is 1. The lowest BCUT2D eigenvalue weighted by molar-refractivity contribution is -0.123. The normalized spacial score (nSPS) is 12.5. The molecule has 0 saturated heterocycles. The number of carbonyl (C=O) groups is 2. The third-order valence-corrected chi connectivity index (χ3v) is 4.01. The summed E-state index contributed by atoms with van der Waals surface area (Å²) in [6.07, 6.45) is 1.81. The van der Waals surface area contributed by atoms with Gasteiger partial charge in [0.05, 0.1) is 12.5 Å². The van der Waals surface area contributed by atoms with Crippen molar-refractivity contribution >= 4 is 11.8 Å². The Morgan fingerprint density at radius 3 is 2.27 bits per heavy atom. The van der Waals surface area contributed by atoms with E-state index in [9.17, 15) is 9.59 Å². The number of carbonyl (C=O) groups excluding carboxylic acids is 2. The van der Waals surface area contributed by atoms with Gasteiger partial charge < -0.3 is 16.4 Å². The minimum Gasteiger partial charge on any atom is -0.354 e. The molecule has 1 rings (SSSR count). The Labute approximate surface area is 132 Å². The lowest BCUT2D eigenvalue weighted by atomic mass is 9.94. The zero-order valence-electron chi connectivity index (χ0n) is 13.7. The van der Waals surface area contributed by atoms with Crippen LogP contribution in [0.1, 0.15) is 51.6 Å². The Bertz CT molecular complexity index is 484. The number of hydrogen-bond acceptors (Lipinski definition) is 3. The highest BCUT2D eigenvalue weighted by atomic mass is 16.2. The van der Waals surface area contributed by atoms with Crippen LogP contribution in [-0.2, 0) is 9.59 Å². The number of amides is 2. The number of nitrogens with two attached hydrogens (primary N) is 1. The summed E-state index contributed by atoms with van der Waals surface area (Å²) in [7, 11) is 0. The molecule has 0 aliphatic rings. The van der Waals surface area contributed by atoms with Gasteiger partial charge in [-0.05, 0) is 18.4 Å². The molecule has 0 aliphatic carbocycles. The first kappa shape index (κ1) is 18.2. The fourth-order valence-corrected chi connectivity index (χ4v) is 2.22. The molecule has 0 spiro atoms. The summed E-state index contributed by atoms with van der Waals surface area (Å²) in [6.45, 7) is 5.92. The molecule has 22 heavy (non-hydrogen) atoms. The van der Waals surface area contributed by atoms with Gasteiger partial charge in [0.2, 0.25) is 11.8 Å². The van der Waals surface area contributed by atoms with Crippen molar-refractivity contribution in [3.05, 3.63) is 35.9 Å². The smallest absolute Gasteiger partial charge is 0.222 e. The van der Waals surface area contributed by atoms with Crippen LogP contribution < -0.4 is 16.4 Å². The molecule has 5 nitrogen and oxygen atoms in total. The molecule has 0 bridgehead atoms. The van der Waals surface area contributed by atoms with Crippen LogP contribution in [0.3, 0.4) is 0 Å². The second kappa shape index (κ2) is 8.54. The minimum absolute atomic E-state index is 0.112. The van der Waals surface area contributed by atoms with E-state index in [1.165, 1.54) is 6.92 Å². The maximum Gasteiger partial charge on any atom is 0.222 e. The average molecular weight is 305 g/mol. The summed E-state index contributed by atoms with van der Waals surface area (Å²) in [5.41, 5.74) is 6.73. The summed E-state index contributed by atoms with van der Waals surface area (Å²) in [6, 6.07) is 9.16. The molecule has 0 heterocycles. The van der Waals surface area contributed by atoms with Gasteiger partial charge in [-0.3, -0.25) is 9.59 Å². The van der Waals surface area contributed by atoms with Gasteiger partial charge in [-0.1, -0.05) is 44.2 Å². The molecule has 1 atom stereocenters. The molecule has 0 aromatic heterocycles. The van der Waals surface area contributed by atoms with Crippen LogP contribution in [0.2, 0.25) is 0 Å². The topological polar surface area (TPSA) is 84.2 Å². The quantitative estimate of drug-likeness (QED) is 0.685. The largest absolute Gasteiger partial charge is 0.354 e. The number of nitrogens with one attached hydrogen (secondary N) is 2. The Hall–Kier alpha value is -1.88. The predicted octanol–water partition coefficient (Wildman–Crippen LogP) is 1.89. The van der Waals surface area contributed by atoms with E-state index in [0.717, 1.165) is 18.4 Å². The van der Waals surface area contributed by atoms with E-state index in [4.69, 9.17) is 5.73 Å². The lowest BCUT2D eigenvalue weighted by Gasteiger charge is -2.27. The second-order valence-electron chi connectivity index (χ2n) is 5.71. The molecule has 4 N–H and O–H groups in total. The maximum absolute atomic E-state index is 12.2. The maximum atomic E-state index is 12.2. The molecular formula is C17H27N3O2. The monoisotopic (exact) mass is 305 g/mol. The van der Waals surface area contributed by atoms with Crippen molar-refractivity contribution in [3.8, 4) is 0 Å². The van der Waals surface area contributed by atoms with Crippen molar-refractivity contribution in [2.45, 2.75) is 51.6 Å². The average Bonchev–Trinajstić information content (AvgIpc) is 2.52. The summed E-state index contributed by atoms with van der Waals surface area (Å²) in [5.74, 6) is -0.267. The molecule has 5 heteroatoms. The highest BCUT2D eigenvalue weighted by molar-refractivity contribution is 5.79. The van der Waals surface area contributed by atoms with Gasteiger partial charge in [-0.25, -0.2) is 0 Å². The van der Waals surface area contributed by atoms with Gasteiger partial charge >= 0.3 is 0 Å². The van der Waals surface area contributed by atoms with Gasteiger partial charge in [-0.15, -0.1) is 0 Å². The SMILES string of the molecule is CCC(N)(CC)CNC(=O)CC(NC(C)=O)c1ccccc1.